The molecule has 5 saturated heterocycles. The third-order valence-corrected chi connectivity index (χ3v) is 30.5. The largest absolute Gasteiger partial charge is 0.381 e. The van der Waals surface area contributed by atoms with Crippen molar-refractivity contribution < 1.29 is 40.5 Å². The molecule has 6 fully saturated rings. The van der Waals surface area contributed by atoms with Crippen LogP contribution in [0.15, 0.2) is 115 Å². The molecule has 0 bridgehead atoms. The maximum Gasteiger partial charge on any atom is 0.167 e. The SMILES string of the molecule is CC(C)S(C)(=O)=Nc1cc(N2CCOC[C@H]2C)nc(-c2ccnc3c2C=CC3)n1.CCS(C)(=O)=Nc1cc(N2CCOC[C@H]2C)nc(-c2ccnc3c2C=CC3)n1.C[C@@H]1COCCN1c1cc(N=S(C)(=O)C2CCOCC2)nc(-c2ccnc3c2C=CC3)n1.C[C@@H]1COCCN1c1cc(N=S(C)(=O)CC2CC2)nc(-c2ccnc3c2C=CC3)n1. The highest BCUT2D eigenvalue weighted by Crippen LogP contribution is 2.39. The Kier molecular flexibility index (Phi) is 26.3. The van der Waals surface area contributed by atoms with E-state index < -0.39 is 38.9 Å². The first-order valence-corrected chi connectivity index (χ1v) is 49.4. The number of anilines is 4. The molecule has 4 unspecified atom stereocenters. The molecular formula is C86H108N20O9S4. The van der Waals surface area contributed by atoms with E-state index in [9.17, 15) is 16.8 Å². The summed E-state index contributed by atoms with van der Waals surface area (Å²) in [6, 6.07) is 16.0. The van der Waals surface area contributed by atoms with Crippen LogP contribution in [-0.2, 0) is 88.3 Å². The Morgan fingerprint density at radius 3 is 1.02 bits per heavy atom. The smallest absolute Gasteiger partial charge is 0.167 e. The van der Waals surface area contributed by atoms with Crippen molar-refractivity contribution in [2.45, 2.75) is 134 Å². The van der Waals surface area contributed by atoms with Gasteiger partial charge in [0.25, 0.3) is 0 Å². The van der Waals surface area contributed by atoms with Crippen LogP contribution >= 0.6 is 0 Å². The highest BCUT2D eigenvalue weighted by atomic mass is 32.2. The van der Waals surface area contributed by atoms with Crippen LogP contribution in [0.25, 0.3) is 69.9 Å². The molecular weight excluding hydrogens is 1590 g/mol. The summed E-state index contributed by atoms with van der Waals surface area (Å²) in [4.78, 5) is 65.1. The molecule has 0 radical (unpaired) electrons. The van der Waals surface area contributed by atoms with Crippen LogP contribution in [0, 0.1) is 5.92 Å². The number of morpholine rings is 4. The Morgan fingerprint density at radius 2 is 0.714 bits per heavy atom. The lowest BCUT2D eigenvalue weighted by molar-refractivity contribution is 0.0985. The first-order valence-electron chi connectivity index (χ1n) is 41.2. The molecule has 8 atom stereocenters. The molecule has 33 heteroatoms. The van der Waals surface area contributed by atoms with Gasteiger partial charge in [0.05, 0.1) is 139 Å². The van der Waals surface area contributed by atoms with E-state index in [1.807, 2.05) is 69.3 Å². The van der Waals surface area contributed by atoms with Crippen LogP contribution in [0.4, 0.5) is 46.5 Å². The standard InChI is InChI=1S/C23H29N5O3S.C22H27N5O2S.C21H27N5O2S.C20H25N5O2S/c1-16-15-31-13-10-28(16)22-14-21(27-32(2,29)17-7-11-30-12-8-17)25-23(26-22)19-6-9-24-20-5-3-4-18(19)20;1-15-13-29-11-10-27(15)21-12-20(26-30(2,28)14-16-6-7-16)24-22(25-21)18-8-9-23-19-5-3-4-17(18)19;1-14(2)29(4,27)25-19-12-20(26-10-11-28-13-15(26)3)24-21(23-19)17-8-9-22-18-7-5-6-16(17)18;1-4-28(3,26)24-18-12-19(25-10-11-27-13-14(25)2)23-20(22-18)16-8-9-21-17-7-5-6-15(16)17/h3-4,6,9,14,16-17H,5,7-8,10-13,15H2,1-2H3;3-4,8-9,12,15-16H,5-7,10-11,13-14H2,1-2H3;5-6,8-9,12,14-15H,7,10-11,13H2,1-4H3;5-6,8-9,12,14H,4,7,10-11,13H2,1-3H3/t16-,32?;15-,30?;15-,29?;14-,28?/m1111/s1. The summed E-state index contributed by atoms with van der Waals surface area (Å²) < 4.78 is 98.4. The fraction of sp³-hybridized carbons (Fsp3) is 0.488. The van der Waals surface area contributed by atoms with Crippen molar-refractivity contribution in [3.8, 4) is 45.6 Å². The summed E-state index contributed by atoms with van der Waals surface area (Å²) in [5.41, 5.74) is 12.0. The zero-order valence-electron chi connectivity index (χ0n) is 69.8. The van der Waals surface area contributed by atoms with Gasteiger partial charge >= 0.3 is 0 Å². The first-order chi connectivity index (χ1) is 57.3. The molecule has 5 aliphatic heterocycles. The third-order valence-electron chi connectivity index (χ3n) is 22.6. The van der Waals surface area contributed by atoms with Gasteiger partial charge in [-0.15, -0.1) is 0 Å². The van der Waals surface area contributed by atoms with E-state index in [1.54, 1.807) is 49.8 Å². The number of hydrogen-bond donors (Lipinski definition) is 0. The van der Waals surface area contributed by atoms with Crippen molar-refractivity contribution in [1.82, 2.24) is 59.8 Å². The lowest BCUT2D eigenvalue weighted by Crippen LogP contribution is -2.44. The van der Waals surface area contributed by atoms with Crippen molar-refractivity contribution >= 4 is 110 Å². The fourth-order valence-corrected chi connectivity index (χ4v) is 20.2. The minimum Gasteiger partial charge on any atom is -0.381 e. The highest BCUT2D eigenvalue weighted by Gasteiger charge is 2.32. The number of rotatable bonds is 17. The zero-order chi connectivity index (χ0) is 83.2. The third kappa shape index (κ3) is 20.5. The van der Waals surface area contributed by atoms with Gasteiger partial charge in [-0.25, -0.2) is 56.7 Å². The zero-order valence-corrected chi connectivity index (χ0v) is 73.1. The van der Waals surface area contributed by atoms with Crippen molar-refractivity contribution in [3.05, 3.63) is 143 Å². The molecule has 1 saturated carbocycles. The molecule has 29 nitrogen and oxygen atoms in total. The molecule has 119 heavy (non-hydrogen) atoms. The molecule has 0 N–H and O–H groups in total. The average molecular weight is 1690 g/mol. The number of hydrogen-bond acceptors (Lipinski definition) is 29. The second-order valence-corrected chi connectivity index (χ2v) is 42.7. The lowest BCUT2D eigenvalue weighted by atomic mass is 10.1. The van der Waals surface area contributed by atoms with Crippen molar-refractivity contribution in [2.75, 3.05) is 148 Å². The molecule has 8 aromatic heterocycles. The topological polar surface area (TPSA) is 332 Å². The minimum absolute atomic E-state index is 0.00790. The van der Waals surface area contributed by atoms with E-state index in [2.05, 4.69) is 134 Å². The summed E-state index contributed by atoms with van der Waals surface area (Å²) >= 11 is 0. The van der Waals surface area contributed by atoms with Gasteiger partial charge in [0.15, 0.2) is 46.6 Å². The molecule has 10 aliphatic rings. The van der Waals surface area contributed by atoms with Crippen molar-refractivity contribution in [3.63, 3.8) is 0 Å². The number of nitrogens with zero attached hydrogens (tertiary/aromatic N) is 20. The van der Waals surface area contributed by atoms with Gasteiger partial charge in [-0.2, -0.15) is 17.5 Å². The second kappa shape index (κ2) is 36.9. The molecule has 13 heterocycles. The number of pyridine rings is 4. The number of allylic oxidation sites excluding steroid dienone is 4. The summed E-state index contributed by atoms with van der Waals surface area (Å²) in [5, 5.41) is -0.0617. The molecule has 0 amide bonds. The van der Waals surface area contributed by atoms with Crippen molar-refractivity contribution in [1.29, 1.82) is 0 Å². The predicted octanol–water partition coefficient (Wildman–Crippen LogP) is 13.3. The molecule has 630 valence electrons. The van der Waals surface area contributed by atoms with Crippen LogP contribution in [0.3, 0.4) is 0 Å². The summed E-state index contributed by atoms with van der Waals surface area (Å²) in [5.74, 6) is 9.09. The Hall–Kier alpha value is -9.32. The van der Waals surface area contributed by atoms with Crippen molar-refractivity contribution in [2.24, 2.45) is 23.4 Å². The molecule has 8 aromatic rings. The van der Waals surface area contributed by atoms with E-state index >= 15 is 0 Å². The Labute approximate surface area is 700 Å². The second-order valence-electron chi connectivity index (χ2n) is 32.2. The first kappa shape index (κ1) is 84.7. The van der Waals surface area contributed by atoms with Crippen LogP contribution in [-0.4, -0.2) is 240 Å². The fourth-order valence-electron chi connectivity index (χ4n) is 15.5. The van der Waals surface area contributed by atoms with Gasteiger partial charge in [0.2, 0.25) is 0 Å². The minimum atomic E-state index is -2.47. The van der Waals surface area contributed by atoms with Crippen LogP contribution < -0.4 is 19.6 Å². The highest BCUT2D eigenvalue weighted by molar-refractivity contribution is 7.94. The lowest BCUT2D eigenvalue weighted by Gasteiger charge is -2.34. The van der Waals surface area contributed by atoms with Gasteiger partial charge in [-0.05, 0) is 83.6 Å². The van der Waals surface area contributed by atoms with Crippen LogP contribution in [0.2, 0.25) is 0 Å². The Morgan fingerprint density at radius 1 is 0.403 bits per heavy atom. The van der Waals surface area contributed by atoms with Crippen LogP contribution in [0.5, 0.6) is 0 Å². The Balaban J connectivity index is 0.000000124. The van der Waals surface area contributed by atoms with E-state index in [1.165, 1.54) is 0 Å². The molecule has 18 rings (SSSR count). The van der Waals surface area contributed by atoms with Gasteiger partial charge in [-0.1, -0.05) is 69.4 Å². The maximum absolute atomic E-state index is 13.6. The number of aromatic nitrogens is 12. The molecule has 0 aromatic carbocycles. The van der Waals surface area contributed by atoms with E-state index in [0.717, 1.165) is 168 Å². The van der Waals surface area contributed by atoms with Gasteiger partial charge in [0, 0.05) is 206 Å². The summed E-state index contributed by atoms with van der Waals surface area (Å²) in [6.07, 6.45) is 37.8. The Bertz CT molecular complexity index is 5780. The van der Waals surface area contributed by atoms with Crippen LogP contribution in [0.1, 0.15) is 119 Å². The number of fused-ring (bicyclic) bond motifs is 4. The van der Waals surface area contributed by atoms with E-state index in [4.69, 9.17) is 62.9 Å². The normalized spacial score (nSPS) is 21.8. The van der Waals surface area contributed by atoms with Gasteiger partial charge in [-0.3, -0.25) is 19.9 Å². The maximum atomic E-state index is 13.6. The quantitative estimate of drug-likeness (QED) is 0.0817. The predicted molar refractivity (Wildman–Crippen MR) is 474 cm³/mol. The van der Waals surface area contributed by atoms with Gasteiger partial charge in [0.1, 0.15) is 23.3 Å². The monoisotopic (exact) mass is 1690 g/mol. The molecule has 0 spiro atoms. The molecule has 5 aliphatic carbocycles. The average Bonchev–Trinajstić information content (AvgIpc) is 1.77. The van der Waals surface area contributed by atoms with Gasteiger partial charge < -0.3 is 43.3 Å². The van der Waals surface area contributed by atoms with E-state index in [-0.39, 0.29) is 34.7 Å². The summed E-state index contributed by atoms with van der Waals surface area (Å²) in [6.45, 7) is 23.7. The summed E-state index contributed by atoms with van der Waals surface area (Å²) in [7, 11) is -9.54. The van der Waals surface area contributed by atoms with E-state index in [0.29, 0.717) is 130 Å². The number of ether oxygens (including phenoxy) is 5.